The van der Waals surface area contributed by atoms with E-state index < -0.39 is 10.8 Å². The van der Waals surface area contributed by atoms with Crippen molar-refractivity contribution < 1.29 is 4.21 Å². The number of aromatic nitrogens is 1. The fourth-order valence-corrected chi connectivity index (χ4v) is 4.89. The topological polar surface area (TPSA) is 30.0 Å². The van der Waals surface area contributed by atoms with E-state index in [0.29, 0.717) is 17.6 Å². The SMILES string of the molecule is CC(C)c1nc(C[S@@](=O)CC2CCCCC2)cs1. The molecule has 18 heavy (non-hydrogen) atoms. The van der Waals surface area contributed by atoms with E-state index >= 15 is 0 Å². The Morgan fingerprint density at radius 2 is 2.11 bits per heavy atom. The number of hydrogen-bond donors (Lipinski definition) is 0. The molecule has 0 unspecified atom stereocenters. The molecule has 0 saturated heterocycles. The summed E-state index contributed by atoms with van der Waals surface area (Å²) in [5, 5.41) is 3.24. The fraction of sp³-hybridized carbons (Fsp3) is 0.786. The van der Waals surface area contributed by atoms with Crippen molar-refractivity contribution in [2.75, 3.05) is 5.75 Å². The third kappa shape index (κ3) is 4.16. The smallest absolute Gasteiger partial charge is 0.0954 e. The monoisotopic (exact) mass is 285 g/mol. The molecule has 0 amide bonds. The molecular formula is C14H23NOS2. The van der Waals surface area contributed by atoms with Gasteiger partial charge in [0.2, 0.25) is 0 Å². The highest BCUT2D eigenvalue weighted by molar-refractivity contribution is 7.84. The molecule has 1 aromatic rings. The van der Waals surface area contributed by atoms with E-state index in [4.69, 9.17) is 0 Å². The quantitative estimate of drug-likeness (QED) is 0.815. The zero-order chi connectivity index (χ0) is 13.0. The van der Waals surface area contributed by atoms with Crippen molar-refractivity contribution in [3.05, 3.63) is 16.1 Å². The van der Waals surface area contributed by atoms with Gasteiger partial charge in [0.1, 0.15) is 0 Å². The summed E-state index contributed by atoms with van der Waals surface area (Å²) in [6.07, 6.45) is 6.58. The van der Waals surface area contributed by atoms with E-state index in [9.17, 15) is 4.21 Å². The van der Waals surface area contributed by atoms with Gasteiger partial charge in [-0.1, -0.05) is 33.1 Å². The highest BCUT2D eigenvalue weighted by atomic mass is 32.2. The Morgan fingerprint density at radius 1 is 1.39 bits per heavy atom. The maximum atomic E-state index is 12.1. The van der Waals surface area contributed by atoms with Crippen LogP contribution < -0.4 is 0 Å². The van der Waals surface area contributed by atoms with Gasteiger partial charge < -0.3 is 0 Å². The molecule has 0 aromatic carbocycles. The van der Waals surface area contributed by atoms with E-state index in [-0.39, 0.29) is 0 Å². The molecule has 1 aromatic heterocycles. The number of nitrogens with zero attached hydrogens (tertiary/aromatic N) is 1. The van der Waals surface area contributed by atoms with E-state index in [1.807, 2.05) is 0 Å². The third-order valence-corrected chi connectivity index (χ3v) is 6.17. The van der Waals surface area contributed by atoms with Crippen LogP contribution in [0, 0.1) is 5.92 Å². The minimum Gasteiger partial charge on any atom is -0.259 e. The van der Waals surface area contributed by atoms with Gasteiger partial charge in [0, 0.05) is 27.9 Å². The predicted molar refractivity (Wildman–Crippen MR) is 79.5 cm³/mol. The van der Waals surface area contributed by atoms with Gasteiger partial charge >= 0.3 is 0 Å². The van der Waals surface area contributed by atoms with Crippen molar-refractivity contribution >= 4 is 22.1 Å². The maximum absolute atomic E-state index is 12.1. The van der Waals surface area contributed by atoms with Gasteiger partial charge in [-0.3, -0.25) is 4.21 Å². The van der Waals surface area contributed by atoms with Crippen LogP contribution in [0.5, 0.6) is 0 Å². The Kier molecular flexibility index (Phi) is 5.37. The first-order valence-corrected chi connectivity index (χ1v) is 9.31. The van der Waals surface area contributed by atoms with Crippen molar-refractivity contribution in [2.45, 2.75) is 57.6 Å². The lowest BCUT2D eigenvalue weighted by molar-refractivity contribution is 0.388. The van der Waals surface area contributed by atoms with E-state index in [1.54, 1.807) is 11.3 Å². The highest BCUT2D eigenvalue weighted by Crippen LogP contribution is 2.25. The molecule has 1 aliphatic rings. The molecule has 2 rings (SSSR count). The molecule has 102 valence electrons. The molecule has 4 heteroatoms. The van der Waals surface area contributed by atoms with Crippen LogP contribution in [-0.4, -0.2) is 14.9 Å². The second-order valence-electron chi connectivity index (χ2n) is 5.59. The van der Waals surface area contributed by atoms with Gasteiger partial charge in [0.15, 0.2) is 0 Å². The summed E-state index contributed by atoms with van der Waals surface area (Å²) >= 11 is 1.70. The van der Waals surface area contributed by atoms with E-state index in [0.717, 1.165) is 11.4 Å². The van der Waals surface area contributed by atoms with Crippen LogP contribution in [0.4, 0.5) is 0 Å². The molecule has 0 radical (unpaired) electrons. The average Bonchev–Trinajstić information content (AvgIpc) is 2.78. The molecule has 1 heterocycles. The van der Waals surface area contributed by atoms with E-state index in [1.165, 1.54) is 37.1 Å². The number of hydrogen-bond acceptors (Lipinski definition) is 3. The van der Waals surface area contributed by atoms with Gasteiger partial charge in [-0.2, -0.15) is 0 Å². The Hall–Kier alpha value is -0.220. The zero-order valence-corrected chi connectivity index (χ0v) is 13.0. The minimum atomic E-state index is -0.724. The molecule has 2 nitrogen and oxygen atoms in total. The van der Waals surface area contributed by atoms with Crippen LogP contribution in [0.2, 0.25) is 0 Å². The molecule has 0 N–H and O–H groups in total. The summed E-state index contributed by atoms with van der Waals surface area (Å²) < 4.78 is 12.1. The lowest BCUT2D eigenvalue weighted by Crippen LogP contribution is -2.15. The van der Waals surface area contributed by atoms with Crippen molar-refractivity contribution in [1.82, 2.24) is 4.98 Å². The van der Waals surface area contributed by atoms with Crippen LogP contribution >= 0.6 is 11.3 Å². The van der Waals surface area contributed by atoms with Crippen LogP contribution in [0.3, 0.4) is 0 Å². The minimum absolute atomic E-state index is 0.482. The highest BCUT2D eigenvalue weighted by Gasteiger charge is 2.17. The normalized spacial score (nSPS) is 19.3. The second kappa shape index (κ2) is 6.80. The Bertz CT molecular complexity index is 394. The molecule has 0 spiro atoms. The van der Waals surface area contributed by atoms with Gasteiger partial charge in [-0.25, -0.2) is 4.98 Å². The summed E-state index contributed by atoms with van der Waals surface area (Å²) in [5.74, 6) is 2.71. The summed E-state index contributed by atoms with van der Waals surface area (Å²) in [5.41, 5.74) is 1.03. The van der Waals surface area contributed by atoms with Crippen molar-refractivity contribution in [3.8, 4) is 0 Å². The van der Waals surface area contributed by atoms with Crippen molar-refractivity contribution in [1.29, 1.82) is 0 Å². The Balaban J connectivity index is 1.82. The zero-order valence-electron chi connectivity index (χ0n) is 11.4. The second-order valence-corrected chi connectivity index (χ2v) is 7.98. The van der Waals surface area contributed by atoms with Gasteiger partial charge in [0.05, 0.1) is 16.5 Å². The average molecular weight is 285 g/mol. The molecular weight excluding hydrogens is 262 g/mol. The lowest BCUT2D eigenvalue weighted by atomic mass is 9.91. The summed E-state index contributed by atoms with van der Waals surface area (Å²) in [6.45, 7) is 4.31. The molecule has 1 aliphatic carbocycles. The summed E-state index contributed by atoms with van der Waals surface area (Å²) in [4.78, 5) is 4.57. The Morgan fingerprint density at radius 3 is 2.72 bits per heavy atom. The number of rotatable bonds is 5. The van der Waals surface area contributed by atoms with Crippen LogP contribution in [-0.2, 0) is 16.6 Å². The van der Waals surface area contributed by atoms with Crippen molar-refractivity contribution in [2.24, 2.45) is 5.92 Å². The fourth-order valence-electron chi connectivity index (χ4n) is 2.49. The van der Waals surface area contributed by atoms with Gasteiger partial charge in [-0.15, -0.1) is 11.3 Å². The van der Waals surface area contributed by atoms with E-state index in [2.05, 4.69) is 24.2 Å². The molecule has 1 fully saturated rings. The maximum Gasteiger partial charge on any atom is 0.0954 e. The summed E-state index contributed by atoms with van der Waals surface area (Å²) in [7, 11) is -0.724. The third-order valence-electron chi connectivity index (χ3n) is 3.52. The molecule has 0 aliphatic heterocycles. The largest absolute Gasteiger partial charge is 0.259 e. The Labute approximate surface area is 117 Å². The van der Waals surface area contributed by atoms with Crippen LogP contribution in [0.1, 0.15) is 62.6 Å². The first-order chi connectivity index (χ1) is 8.65. The predicted octanol–water partition coefficient (Wildman–Crippen LogP) is 4.10. The van der Waals surface area contributed by atoms with Gasteiger partial charge in [0.25, 0.3) is 0 Å². The molecule has 1 saturated carbocycles. The first-order valence-electron chi connectivity index (χ1n) is 6.94. The lowest BCUT2D eigenvalue weighted by Gasteiger charge is -2.20. The van der Waals surface area contributed by atoms with Crippen LogP contribution in [0.15, 0.2) is 5.38 Å². The van der Waals surface area contributed by atoms with Crippen molar-refractivity contribution in [3.63, 3.8) is 0 Å². The summed E-state index contributed by atoms with van der Waals surface area (Å²) in [6, 6.07) is 0. The standard InChI is InChI=1S/C14H23NOS2/c1-11(2)14-15-13(8-17-14)10-18(16)9-12-6-4-3-5-7-12/h8,11-12H,3-7,9-10H2,1-2H3/t18-/m0/s1. The molecule has 0 bridgehead atoms. The number of thiazole rings is 1. The molecule has 1 atom stereocenters. The first kappa shape index (κ1) is 14.2. The van der Waals surface area contributed by atoms with Gasteiger partial charge in [-0.05, 0) is 18.8 Å². The van der Waals surface area contributed by atoms with Crippen LogP contribution in [0.25, 0.3) is 0 Å².